The smallest absolute Gasteiger partial charge is 0.209 e. The Hall–Kier alpha value is -0.790. The van der Waals surface area contributed by atoms with Gasteiger partial charge in [-0.3, -0.25) is 4.79 Å². The van der Waals surface area contributed by atoms with E-state index in [0.717, 1.165) is 19.4 Å². The van der Waals surface area contributed by atoms with Crippen LogP contribution in [0, 0.1) is 0 Å². The number of carbonyl (C=O) groups excluding carboxylic acids is 1. The van der Waals surface area contributed by atoms with Gasteiger partial charge in [-0.1, -0.05) is 32.3 Å². The van der Waals surface area contributed by atoms with Crippen molar-refractivity contribution in [2.45, 2.75) is 32.6 Å². The van der Waals surface area contributed by atoms with Crippen molar-refractivity contribution in [2.75, 3.05) is 13.1 Å². The van der Waals surface area contributed by atoms with Crippen LogP contribution in [0.15, 0.2) is 12.7 Å². The van der Waals surface area contributed by atoms with Gasteiger partial charge in [0, 0.05) is 13.1 Å². The Morgan fingerprint density at radius 1 is 1.33 bits per heavy atom. The van der Waals surface area contributed by atoms with Crippen molar-refractivity contribution in [3.63, 3.8) is 0 Å². The van der Waals surface area contributed by atoms with E-state index in [0.29, 0.717) is 6.54 Å². The fourth-order valence-electron chi connectivity index (χ4n) is 1.09. The van der Waals surface area contributed by atoms with Gasteiger partial charge in [0.1, 0.15) is 0 Å². The van der Waals surface area contributed by atoms with E-state index >= 15 is 0 Å². The zero-order valence-electron chi connectivity index (χ0n) is 7.96. The molecule has 0 aromatic rings. The fourth-order valence-corrected chi connectivity index (χ4v) is 1.09. The lowest BCUT2D eigenvalue weighted by Gasteiger charge is -2.13. The van der Waals surface area contributed by atoms with Crippen molar-refractivity contribution in [3.05, 3.63) is 12.7 Å². The molecule has 0 unspecified atom stereocenters. The van der Waals surface area contributed by atoms with Crippen LogP contribution < -0.4 is 0 Å². The van der Waals surface area contributed by atoms with E-state index in [4.69, 9.17) is 0 Å². The molecule has 0 aliphatic heterocycles. The lowest BCUT2D eigenvalue weighted by atomic mass is 10.2. The van der Waals surface area contributed by atoms with Crippen molar-refractivity contribution >= 4 is 6.41 Å². The molecule has 0 spiro atoms. The topological polar surface area (TPSA) is 20.3 Å². The minimum atomic E-state index is 0.676. The Morgan fingerprint density at radius 3 is 2.58 bits per heavy atom. The summed E-state index contributed by atoms with van der Waals surface area (Å²) in [5.74, 6) is 0. The summed E-state index contributed by atoms with van der Waals surface area (Å²) in [6.45, 7) is 7.32. The number of unbranched alkanes of at least 4 members (excludes halogenated alkanes) is 3. The lowest BCUT2D eigenvalue weighted by Crippen LogP contribution is -2.22. The maximum absolute atomic E-state index is 10.4. The third kappa shape index (κ3) is 5.96. The zero-order chi connectivity index (χ0) is 9.23. The van der Waals surface area contributed by atoms with E-state index in [1.54, 1.807) is 11.0 Å². The van der Waals surface area contributed by atoms with Crippen LogP contribution in [0.1, 0.15) is 32.6 Å². The third-order valence-corrected chi connectivity index (χ3v) is 1.81. The second-order valence-corrected chi connectivity index (χ2v) is 2.95. The predicted octanol–water partition coefficient (Wildman–Crippen LogP) is 2.21. The van der Waals surface area contributed by atoms with Gasteiger partial charge in [-0.05, 0) is 6.42 Å². The highest BCUT2D eigenvalue weighted by atomic mass is 16.1. The van der Waals surface area contributed by atoms with Crippen LogP contribution >= 0.6 is 0 Å². The molecule has 1 amide bonds. The molecule has 0 rings (SSSR count). The Morgan fingerprint density at radius 2 is 2.08 bits per heavy atom. The summed E-state index contributed by atoms with van der Waals surface area (Å²) in [5, 5.41) is 0. The number of carbonyl (C=O) groups is 1. The largest absolute Gasteiger partial charge is 0.342 e. The van der Waals surface area contributed by atoms with E-state index in [-0.39, 0.29) is 0 Å². The molecular formula is C10H19NO. The summed E-state index contributed by atoms with van der Waals surface area (Å²) < 4.78 is 0. The quantitative estimate of drug-likeness (QED) is 0.310. The monoisotopic (exact) mass is 169 g/mol. The molecule has 0 aliphatic rings. The predicted molar refractivity (Wildman–Crippen MR) is 52.0 cm³/mol. The van der Waals surface area contributed by atoms with Gasteiger partial charge in [0.05, 0.1) is 0 Å². The molecule has 0 heterocycles. The third-order valence-electron chi connectivity index (χ3n) is 1.81. The molecule has 0 saturated carbocycles. The normalized spacial score (nSPS) is 9.42. The van der Waals surface area contributed by atoms with E-state index in [1.165, 1.54) is 19.3 Å². The molecule has 0 bridgehead atoms. The van der Waals surface area contributed by atoms with E-state index < -0.39 is 0 Å². The van der Waals surface area contributed by atoms with E-state index in [9.17, 15) is 4.79 Å². The van der Waals surface area contributed by atoms with E-state index in [2.05, 4.69) is 13.5 Å². The molecule has 2 nitrogen and oxygen atoms in total. The molecular weight excluding hydrogens is 150 g/mol. The highest BCUT2D eigenvalue weighted by Crippen LogP contribution is 1.99. The molecule has 0 aromatic carbocycles. The molecule has 70 valence electrons. The highest BCUT2D eigenvalue weighted by Gasteiger charge is 1.96. The first-order valence-electron chi connectivity index (χ1n) is 4.65. The SMILES string of the molecule is C=CCN(C=O)CCCCCC. The standard InChI is InChI=1S/C10H19NO/c1-3-5-6-7-9-11(10-12)8-4-2/h4,10H,2-3,5-9H2,1H3. The molecule has 0 radical (unpaired) electrons. The molecule has 0 fully saturated rings. The summed E-state index contributed by atoms with van der Waals surface area (Å²) in [6.07, 6.45) is 7.49. The number of hydrogen-bond donors (Lipinski definition) is 0. The first-order valence-corrected chi connectivity index (χ1v) is 4.65. The Kier molecular flexibility index (Phi) is 7.76. The fraction of sp³-hybridized carbons (Fsp3) is 0.700. The van der Waals surface area contributed by atoms with Gasteiger partial charge >= 0.3 is 0 Å². The molecule has 0 saturated heterocycles. The first kappa shape index (κ1) is 11.2. The van der Waals surface area contributed by atoms with Crippen LogP contribution in [0.2, 0.25) is 0 Å². The second-order valence-electron chi connectivity index (χ2n) is 2.95. The van der Waals surface area contributed by atoms with Crippen LogP contribution in [-0.2, 0) is 4.79 Å². The summed E-state index contributed by atoms with van der Waals surface area (Å²) in [5.41, 5.74) is 0. The number of hydrogen-bond acceptors (Lipinski definition) is 1. The minimum Gasteiger partial charge on any atom is -0.342 e. The van der Waals surface area contributed by atoms with Crippen molar-refractivity contribution < 1.29 is 4.79 Å². The first-order chi connectivity index (χ1) is 5.85. The van der Waals surface area contributed by atoms with Crippen molar-refractivity contribution in [1.29, 1.82) is 0 Å². The number of rotatable bonds is 8. The average Bonchev–Trinajstić information content (AvgIpc) is 2.10. The molecule has 12 heavy (non-hydrogen) atoms. The summed E-state index contributed by atoms with van der Waals surface area (Å²) >= 11 is 0. The molecule has 2 heteroatoms. The molecule has 0 aromatic heterocycles. The molecule has 0 aliphatic carbocycles. The molecule has 0 N–H and O–H groups in total. The summed E-state index contributed by atoms with van der Waals surface area (Å²) in [7, 11) is 0. The van der Waals surface area contributed by atoms with Crippen LogP contribution in [-0.4, -0.2) is 24.4 Å². The Labute approximate surface area is 75.3 Å². The second kappa shape index (κ2) is 8.31. The van der Waals surface area contributed by atoms with E-state index in [1.807, 2.05) is 0 Å². The summed E-state index contributed by atoms with van der Waals surface area (Å²) in [4.78, 5) is 12.2. The Bertz CT molecular complexity index is 123. The Balaban J connectivity index is 3.31. The van der Waals surface area contributed by atoms with Gasteiger partial charge in [0.25, 0.3) is 0 Å². The van der Waals surface area contributed by atoms with Crippen LogP contribution in [0.5, 0.6) is 0 Å². The maximum Gasteiger partial charge on any atom is 0.209 e. The number of amides is 1. The van der Waals surface area contributed by atoms with Gasteiger partial charge < -0.3 is 4.90 Å². The maximum atomic E-state index is 10.4. The molecule has 0 atom stereocenters. The van der Waals surface area contributed by atoms with Crippen molar-refractivity contribution in [3.8, 4) is 0 Å². The number of nitrogens with zero attached hydrogens (tertiary/aromatic N) is 1. The van der Waals surface area contributed by atoms with Gasteiger partial charge in [0.2, 0.25) is 6.41 Å². The van der Waals surface area contributed by atoms with Gasteiger partial charge in [-0.25, -0.2) is 0 Å². The summed E-state index contributed by atoms with van der Waals surface area (Å²) in [6, 6.07) is 0. The van der Waals surface area contributed by atoms with Crippen molar-refractivity contribution in [1.82, 2.24) is 4.90 Å². The highest BCUT2D eigenvalue weighted by molar-refractivity contribution is 5.47. The minimum absolute atomic E-state index is 0.676. The van der Waals surface area contributed by atoms with Crippen LogP contribution in [0.4, 0.5) is 0 Å². The lowest BCUT2D eigenvalue weighted by molar-refractivity contribution is -0.117. The van der Waals surface area contributed by atoms with Gasteiger partial charge in [-0.2, -0.15) is 0 Å². The van der Waals surface area contributed by atoms with Crippen LogP contribution in [0.3, 0.4) is 0 Å². The zero-order valence-corrected chi connectivity index (χ0v) is 7.96. The van der Waals surface area contributed by atoms with Gasteiger partial charge in [-0.15, -0.1) is 6.58 Å². The van der Waals surface area contributed by atoms with Crippen molar-refractivity contribution in [2.24, 2.45) is 0 Å². The van der Waals surface area contributed by atoms with Crippen LogP contribution in [0.25, 0.3) is 0 Å². The van der Waals surface area contributed by atoms with Gasteiger partial charge in [0.15, 0.2) is 0 Å². The average molecular weight is 169 g/mol.